The van der Waals surface area contributed by atoms with Crippen LogP contribution in [0.5, 0.6) is 11.5 Å². The van der Waals surface area contributed by atoms with Crippen molar-refractivity contribution in [3.05, 3.63) is 127 Å². The number of nitrogens with one attached hydrogen (secondary N) is 2. The second-order valence-corrected chi connectivity index (χ2v) is 11.5. The maximum absolute atomic E-state index is 13.2. The molecular formula is C32H27BrCl3N3O4. The van der Waals surface area contributed by atoms with E-state index in [1.807, 2.05) is 60.7 Å². The zero-order valence-corrected chi connectivity index (χ0v) is 26.8. The molecule has 4 aromatic carbocycles. The lowest BCUT2D eigenvalue weighted by molar-refractivity contribution is -0.132. The van der Waals surface area contributed by atoms with Gasteiger partial charge in [-0.15, -0.1) is 0 Å². The minimum absolute atomic E-state index is 0.241. The fraction of sp³-hybridized carbons (Fsp3) is 0.156. The van der Waals surface area contributed by atoms with Gasteiger partial charge in [0.15, 0.2) is 6.10 Å². The number of hydrogen-bond donors (Lipinski definition) is 2. The average Bonchev–Trinajstić information content (AvgIpc) is 2.99. The molecule has 0 radical (unpaired) electrons. The lowest BCUT2D eigenvalue weighted by atomic mass is 10.1. The number of benzene rings is 4. The molecule has 7 nitrogen and oxygen atoms in total. The third kappa shape index (κ3) is 9.73. The minimum atomic E-state index is -0.941. The van der Waals surface area contributed by atoms with E-state index in [-0.39, 0.29) is 11.4 Å². The van der Waals surface area contributed by atoms with Gasteiger partial charge in [0.05, 0.1) is 15.7 Å². The lowest BCUT2D eigenvalue weighted by Gasteiger charge is -2.21. The van der Waals surface area contributed by atoms with E-state index in [1.54, 1.807) is 31.2 Å². The molecule has 0 spiro atoms. The molecular weight excluding hydrogens is 677 g/mol. The summed E-state index contributed by atoms with van der Waals surface area (Å²) in [6.45, 7) is 1.88. The second kappa shape index (κ2) is 15.8. The van der Waals surface area contributed by atoms with Crippen LogP contribution in [0.4, 0.5) is 0 Å². The van der Waals surface area contributed by atoms with Crippen LogP contribution in [0, 0.1) is 0 Å². The molecule has 43 heavy (non-hydrogen) atoms. The van der Waals surface area contributed by atoms with Crippen molar-refractivity contribution in [3.8, 4) is 11.5 Å². The summed E-state index contributed by atoms with van der Waals surface area (Å²) in [7, 11) is 0. The molecule has 0 saturated carbocycles. The number of hydrogen-bond acceptors (Lipinski definition) is 5. The summed E-state index contributed by atoms with van der Waals surface area (Å²) in [6, 6.07) is 26.0. The summed E-state index contributed by atoms with van der Waals surface area (Å²) in [6.07, 6.45) is 0.797. The highest BCUT2D eigenvalue weighted by Gasteiger charge is 2.25. The first-order valence-corrected chi connectivity index (χ1v) is 15.1. The zero-order valence-electron chi connectivity index (χ0n) is 22.9. The number of rotatable bonds is 12. The first-order chi connectivity index (χ1) is 20.7. The SMILES string of the molecule is C[C@@H](Oc1ccc(Cl)cc1Cl)C(=O)N[C@H](Cc1ccccc1)C(=O)N/N=C\c1ccc(OCc2ccccc2Cl)c(Br)c1. The number of hydrazone groups is 1. The molecule has 0 aliphatic heterocycles. The van der Waals surface area contributed by atoms with Gasteiger partial charge in [-0.25, -0.2) is 5.43 Å². The molecule has 2 N–H and O–H groups in total. The summed E-state index contributed by atoms with van der Waals surface area (Å²) in [5.74, 6) is -0.0666. The lowest BCUT2D eigenvalue weighted by Crippen LogP contribution is -2.50. The standard InChI is InChI=1S/C32H27BrCl3N3O4/c1-20(43-30-14-12-24(34)17-27(30)36)31(40)38-28(16-21-7-3-2-4-8-21)32(41)39-37-18-22-11-13-29(25(33)15-22)42-19-23-9-5-6-10-26(23)35/h2-15,17-18,20,28H,16,19H2,1H3,(H,38,40)(H,39,41)/b37-18-/t20-,28-/m1/s1. The number of nitrogens with zero attached hydrogens (tertiary/aromatic N) is 1. The van der Waals surface area contributed by atoms with E-state index >= 15 is 0 Å². The highest BCUT2D eigenvalue weighted by atomic mass is 79.9. The highest BCUT2D eigenvalue weighted by Crippen LogP contribution is 2.29. The van der Waals surface area contributed by atoms with Gasteiger partial charge in [0.1, 0.15) is 24.1 Å². The predicted molar refractivity (Wildman–Crippen MR) is 174 cm³/mol. The maximum Gasteiger partial charge on any atom is 0.262 e. The first kappa shape index (κ1) is 32.4. The van der Waals surface area contributed by atoms with Gasteiger partial charge < -0.3 is 14.8 Å². The minimum Gasteiger partial charge on any atom is -0.488 e. The Kier molecular flexibility index (Phi) is 11.9. The predicted octanol–water partition coefficient (Wildman–Crippen LogP) is 7.63. The van der Waals surface area contributed by atoms with Gasteiger partial charge in [-0.05, 0) is 76.4 Å². The van der Waals surface area contributed by atoms with E-state index in [0.717, 1.165) is 11.1 Å². The fourth-order valence-electron chi connectivity index (χ4n) is 3.90. The van der Waals surface area contributed by atoms with Crippen LogP contribution in [0.2, 0.25) is 15.1 Å². The molecule has 222 valence electrons. The second-order valence-electron chi connectivity index (χ2n) is 9.39. The fourth-order valence-corrected chi connectivity index (χ4v) is 5.05. The third-order valence-corrected chi connectivity index (χ3v) is 7.69. The average molecular weight is 704 g/mol. The van der Waals surface area contributed by atoms with Crippen LogP contribution in [0.3, 0.4) is 0 Å². The maximum atomic E-state index is 13.2. The third-order valence-electron chi connectivity index (χ3n) is 6.17. The van der Waals surface area contributed by atoms with E-state index in [9.17, 15) is 9.59 Å². The summed E-state index contributed by atoms with van der Waals surface area (Å²) in [5, 5.41) is 8.21. The van der Waals surface area contributed by atoms with E-state index in [2.05, 4.69) is 31.8 Å². The Morgan fingerprint density at radius 2 is 1.60 bits per heavy atom. The van der Waals surface area contributed by atoms with Crippen molar-refractivity contribution in [2.24, 2.45) is 5.10 Å². The van der Waals surface area contributed by atoms with Crippen molar-refractivity contribution in [2.45, 2.75) is 32.1 Å². The van der Waals surface area contributed by atoms with Gasteiger partial charge in [0, 0.05) is 22.0 Å². The topological polar surface area (TPSA) is 89.0 Å². The molecule has 0 fully saturated rings. The molecule has 0 bridgehead atoms. The molecule has 11 heteroatoms. The zero-order chi connectivity index (χ0) is 30.8. The quantitative estimate of drug-likeness (QED) is 0.117. The van der Waals surface area contributed by atoms with Crippen LogP contribution in [0.1, 0.15) is 23.6 Å². The van der Waals surface area contributed by atoms with Crippen molar-refractivity contribution in [2.75, 3.05) is 0 Å². The summed E-state index contributed by atoms with van der Waals surface area (Å²) >= 11 is 21.8. The van der Waals surface area contributed by atoms with Crippen LogP contribution in [-0.2, 0) is 22.6 Å². The van der Waals surface area contributed by atoms with Crippen LogP contribution in [-0.4, -0.2) is 30.2 Å². The Morgan fingerprint density at radius 1 is 0.884 bits per heavy atom. The van der Waals surface area contributed by atoms with E-state index in [1.165, 1.54) is 12.3 Å². The van der Waals surface area contributed by atoms with Crippen molar-refractivity contribution in [1.29, 1.82) is 0 Å². The summed E-state index contributed by atoms with van der Waals surface area (Å²) in [4.78, 5) is 26.2. The van der Waals surface area contributed by atoms with Crippen molar-refractivity contribution >= 4 is 68.8 Å². The Balaban J connectivity index is 1.38. The molecule has 0 saturated heterocycles. The molecule has 0 unspecified atom stereocenters. The normalized spacial score (nSPS) is 12.4. The van der Waals surface area contributed by atoms with Gasteiger partial charge in [0.25, 0.3) is 11.8 Å². The molecule has 2 atom stereocenters. The number of carbonyl (C=O) groups excluding carboxylic acids is 2. The van der Waals surface area contributed by atoms with E-state index < -0.39 is 24.0 Å². The summed E-state index contributed by atoms with van der Waals surface area (Å²) in [5.41, 5.74) is 4.97. The van der Waals surface area contributed by atoms with Crippen molar-refractivity contribution in [3.63, 3.8) is 0 Å². The molecule has 4 rings (SSSR count). The number of ether oxygens (including phenoxy) is 2. The number of halogens is 4. The Morgan fingerprint density at radius 3 is 2.33 bits per heavy atom. The molecule has 4 aromatic rings. The number of carbonyl (C=O) groups is 2. The Bertz CT molecular complexity index is 1600. The van der Waals surface area contributed by atoms with Gasteiger partial charge in [-0.1, -0.05) is 83.3 Å². The van der Waals surface area contributed by atoms with Crippen LogP contribution in [0.25, 0.3) is 0 Å². The van der Waals surface area contributed by atoms with Crippen molar-refractivity contribution in [1.82, 2.24) is 10.7 Å². The highest BCUT2D eigenvalue weighted by molar-refractivity contribution is 9.10. The van der Waals surface area contributed by atoms with Gasteiger partial charge >= 0.3 is 0 Å². The Hall–Kier alpha value is -3.56. The van der Waals surface area contributed by atoms with E-state index in [0.29, 0.717) is 38.2 Å². The molecule has 0 aliphatic rings. The van der Waals surface area contributed by atoms with Crippen LogP contribution < -0.4 is 20.2 Å². The van der Waals surface area contributed by atoms with Crippen molar-refractivity contribution < 1.29 is 19.1 Å². The molecule has 2 amide bonds. The first-order valence-electron chi connectivity index (χ1n) is 13.1. The van der Waals surface area contributed by atoms with Crippen LogP contribution >= 0.6 is 50.7 Å². The Labute approximate surface area is 273 Å². The molecule has 0 aromatic heterocycles. The van der Waals surface area contributed by atoms with Gasteiger partial charge in [-0.3, -0.25) is 9.59 Å². The number of amides is 2. The van der Waals surface area contributed by atoms with E-state index in [4.69, 9.17) is 44.3 Å². The smallest absolute Gasteiger partial charge is 0.262 e. The van der Waals surface area contributed by atoms with Gasteiger partial charge in [-0.2, -0.15) is 5.10 Å². The monoisotopic (exact) mass is 701 g/mol. The van der Waals surface area contributed by atoms with Gasteiger partial charge in [0.2, 0.25) is 0 Å². The molecule has 0 heterocycles. The summed E-state index contributed by atoms with van der Waals surface area (Å²) < 4.78 is 12.3. The van der Waals surface area contributed by atoms with Crippen LogP contribution in [0.15, 0.2) is 101 Å². The molecule has 0 aliphatic carbocycles. The largest absolute Gasteiger partial charge is 0.488 e.